The van der Waals surface area contributed by atoms with Gasteiger partial charge >= 0.3 is 0 Å². The van der Waals surface area contributed by atoms with E-state index in [0.29, 0.717) is 6.61 Å². The Balaban J connectivity index is 2.09. The predicted molar refractivity (Wildman–Crippen MR) is 74.3 cm³/mol. The van der Waals surface area contributed by atoms with Gasteiger partial charge in [-0.2, -0.15) is 5.10 Å². The first-order chi connectivity index (χ1) is 9.08. The summed E-state index contributed by atoms with van der Waals surface area (Å²) in [5, 5.41) is 4.65. The highest BCUT2D eigenvalue weighted by molar-refractivity contribution is 9.10. The van der Waals surface area contributed by atoms with Crippen LogP contribution in [0.25, 0.3) is 11.3 Å². The van der Waals surface area contributed by atoms with Crippen LogP contribution in [0.2, 0.25) is 0 Å². The molecule has 1 aromatic heterocycles. The fourth-order valence-electron chi connectivity index (χ4n) is 2.26. The number of halogens is 2. The molecule has 0 saturated carbocycles. The molecule has 0 saturated heterocycles. The molecule has 1 aliphatic rings. The second-order valence-corrected chi connectivity index (χ2v) is 5.61. The summed E-state index contributed by atoms with van der Waals surface area (Å²) >= 11 is 3.58. The van der Waals surface area contributed by atoms with Crippen LogP contribution in [-0.2, 0) is 11.3 Å². The molecule has 5 heteroatoms. The third kappa shape index (κ3) is 2.11. The molecular formula is C14H14BrFN2O. The summed E-state index contributed by atoms with van der Waals surface area (Å²) in [7, 11) is 0. The number of hydrogen-bond donors (Lipinski definition) is 0. The fraction of sp³-hybridized carbons (Fsp3) is 0.357. The van der Waals surface area contributed by atoms with E-state index < -0.39 is 0 Å². The van der Waals surface area contributed by atoms with Gasteiger partial charge in [-0.1, -0.05) is 0 Å². The molecular weight excluding hydrogens is 311 g/mol. The number of benzene rings is 1. The molecule has 0 unspecified atom stereocenters. The lowest BCUT2D eigenvalue weighted by atomic mass is 10.1. The van der Waals surface area contributed by atoms with Crippen LogP contribution in [0.5, 0.6) is 0 Å². The van der Waals surface area contributed by atoms with Gasteiger partial charge in [-0.25, -0.2) is 4.39 Å². The number of aromatic nitrogens is 2. The van der Waals surface area contributed by atoms with Gasteiger partial charge in [0, 0.05) is 5.56 Å². The molecule has 0 N–H and O–H groups in total. The van der Waals surface area contributed by atoms with Crippen LogP contribution in [0.4, 0.5) is 4.39 Å². The lowest BCUT2D eigenvalue weighted by Crippen LogP contribution is -2.29. The molecule has 100 valence electrons. The minimum Gasteiger partial charge on any atom is -0.370 e. The van der Waals surface area contributed by atoms with E-state index in [4.69, 9.17) is 4.74 Å². The van der Waals surface area contributed by atoms with Crippen molar-refractivity contribution in [3.8, 4) is 11.3 Å². The Labute approximate surface area is 119 Å². The summed E-state index contributed by atoms with van der Waals surface area (Å²) in [6, 6.07) is 6.56. The Bertz CT molecular complexity index is 609. The van der Waals surface area contributed by atoms with Crippen molar-refractivity contribution < 1.29 is 9.13 Å². The van der Waals surface area contributed by atoms with Crippen molar-refractivity contribution in [2.24, 2.45) is 0 Å². The predicted octanol–water partition coefficient (Wildman–Crippen LogP) is 3.93. The molecule has 0 bridgehead atoms. The molecule has 2 aromatic rings. The third-order valence-electron chi connectivity index (χ3n) is 3.61. The van der Waals surface area contributed by atoms with E-state index in [1.807, 2.05) is 11.6 Å². The zero-order valence-corrected chi connectivity index (χ0v) is 12.3. The second kappa shape index (κ2) is 4.72. The molecule has 2 heterocycles. The number of nitrogens with zero attached hydrogens (tertiary/aromatic N) is 2. The monoisotopic (exact) mass is 324 g/mol. The molecule has 0 radical (unpaired) electrons. The Morgan fingerprint density at radius 2 is 2.00 bits per heavy atom. The molecule has 0 aliphatic carbocycles. The fourth-order valence-corrected chi connectivity index (χ4v) is 2.86. The summed E-state index contributed by atoms with van der Waals surface area (Å²) in [5.74, 6) is -0.242. The highest BCUT2D eigenvalue weighted by Gasteiger charge is 2.28. The molecule has 1 aliphatic heterocycles. The number of ether oxygens (including phenoxy) is 1. The largest absolute Gasteiger partial charge is 0.370 e. The lowest BCUT2D eigenvalue weighted by molar-refractivity contribution is -0.0108. The summed E-state index contributed by atoms with van der Waals surface area (Å²) in [6.07, 6.45) is 0.139. The third-order valence-corrected chi connectivity index (χ3v) is 4.44. The van der Waals surface area contributed by atoms with Gasteiger partial charge in [0.05, 0.1) is 28.9 Å². The molecule has 0 fully saturated rings. The Hall–Kier alpha value is -1.20. The van der Waals surface area contributed by atoms with Gasteiger partial charge < -0.3 is 4.74 Å². The van der Waals surface area contributed by atoms with Crippen LogP contribution < -0.4 is 0 Å². The molecule has 1 aromatic carbocycles. The van der Waals surface area contributed by atoms with Gasteiger partial charge in [-0.3, -0.25) is 4.68 Å². The summed E-state index contributed by atoms with van der Waals surface area (Å²) in [4.78, 5) is 0. The molecule has 2 atom stereocenters. The van der Waals surface area contributed by atoms with Crippen LogP contribution in [0.1, 0.15) is 25.6 Å². The number of rotatable bonds is 1. The maximum atomic E-state index is 13.0. The SMILES string of the molecule is C[C@@H]1OCc2c(Br)c(-c3ccc(F)cc3)nn2[C@@H]1C. The first-order valence-electron chi connectivity index (χ1n) is 6.22. The summed E-state index contributed by atoms with van der Waals surface area (Å²) < 4.78 is 21.6. The highest BCUT2D eigenvalue weighted by atomic mass is 79.9. The van der Waals surface area contributed by atoms with Crippen molar-refractivity contribution in [1.82, 2.24) is 9.78 Å². The van der Waals surface area contributed by atoms with Gasteiger partial charge in [0.1, 0.15) is 11.5 Å². The van der Waals surface area contributed by atoms with E-state index in [-0.39, 0.29) is 18.0 Å². The average Bonchev–Trinajstić information content (AvgIpc) is 2.73. The van der Waals surface area contributed by atoms with Crippen molar-refractivity contribution in [3.63, 3.8) is 0 Å². The first-order valence-corrected chi connectivity index (χ1v) is 7.01. The minimum atomic E-state index is -0.242. The van der Waals surface area contributed by atoms with Crippen LogP contribution in [0, 0.1) is 5.82 Å². The van der Waals surface area contributed by atoms with Crippen molar-refractivity contribution >= 4 is 15.9 Å². The van der Waals surface area contributed by atoms with Gasteiger partial charge in [0.15, 0.2) is 0 Å². The van der Waals surface area contributed by atoms with Gasteiger partial charge in [0.2, 0.25) is 0 Å². The quantitative estimate of drug-likeness (QED) is 0.794. The van der Waals surface area contributed by atoms with E-state index in [2.05, 4.69) is 28.0 Å². The van der Waals surface area contributed by atoms with E-state index in [1.165, 1.54) is 12.1 Å². The van der Waals surface area contributed by atoms with Crippen molar-refractivity contribution in [3.05, 3.63) is 40.2 Å². The van der Waals surface area contributed by atoms with Crippen molar-refractivity contribution in [2.45, 2.75) is 32.6 Å². The van der Waals surface area contributed by atoms with Gasteiger partial charge in [-0.05, 0) is 54.0 Å². The highest BCUT2D eigenvalue weighted by Crippen LogP contribution is 2.35. The number of hydrogen-bond acceptors (Lipinski definition) is 2. The zero-order chi connectivity index (χ0) is 13.6. The lowest BCUT2D eigenvalue weighted by Gasteiger charge is -2.28. The Morgan fingerprint density at radius 1 is 1.32 bits per heavy atom. The first kappa shape index (κ1) is 12.8. The van der Waals surface area contributed by atoms with Crippen molar-refractivity contribution in [1.29, 1.82) is 0 Å². The van der Waals surface area contributed by atoms with E-state index in [9.17, 15) is 4.39 Å². The van der Waals surface area contributed by atoms with Crippen molar-refractivity contribution in [2.75, 3.05) is 0 Å². The maximum Gasteiger partial charge on any atom is 0.123 e. The Kier molecular flexibility index (Phi) is 3.19. The Morgan fingerprint density at radius 3 is 2.68 bits per heavy atom. The van der Waals surface area contributed by atoms with E-state index in [1.54, 1.807) is 12.1 Å². The number of fused-ring (bicyclic) bond motifs is 1. The molecule has 0 amide bonds. The average molecular weight is 325 g/mol. The normalized spacial score (nSPS) is 22.3. The summed E-state index contributed by atoms with van der Waals surface area (Å²) in [5.41, 5.74) is 2.76. The van der Waals surface area contributed by atoms with Gasteiger partial charge in [0.25, 0.3) is 0 Å². The van der Waals surface area contributed by atoms with Crippen LogP contribution >= 0.6 is 15.9 Å². The van der Waals surface area contributed by atoms with E-state index in [0.717, 1.165) is 21.4 Å². The minimum absolute atomic E-state index is 0.139. The molecule has 3 nitrogen and oxygen atoms in total. The second-order valence-electron chi connectivity index (χ2n) is 4.82. The smallest absolute Gasteiger partial charge is 0.123 e. The van der Waals surface area contributed by atoms with Crippen LogP contribution in [0.3, 0.4) is 0 Å². The topological polar surface area (TPSA) is 27.1 Å². The van der Waals surface area contributed by atoms with Crippen LogP contribution in [0.15, 0.2) is 28.7 Å². The molecule has 19 heavy (non-hydrogen) atoms. The van der Waals surface area contributed by atoms with Crippen LogP contribution in [-0.4, -0.2) is 15.9 Å². The molecule has 3 rings (SSSR count). The zero-order valence-electron chi connectivity index (χ0n) is 10.7. The standard InChI is InChI=1S/C14H14BrFN2O/c1-8-9(2)19-7-12-13(15)14(17-18(8)12)10-3-5-11(16)6-4-10/h3-6,8-9H,7H2,1-2H3/t8-,9+/m1/s1. The maximum absolute atomic E-state index is 13.0. The van der Waals surface area contributed by atoms with E-state index >= 15 is 0 Å². The van der Waals surface area contributed by atoms with Gasteiger partial charge in [-0.15, -0.1) is 0 Å². The molecule has 0 spiro atoms. The summed E-state index contributed by atoms with van der Waals surface area (Å²) in [6.45, 7) is 4.67.